The fourth-order valence-corrected chi connectivity index (χ4v) is 2.91. The number of nitrogens with one attached hydrogen (secondary N) is 1. The highest BCUT2D eigenvalue weighted by atomic mass is 32.1. The summed E-state index contributed by atoms with van der Waals surface area (Å²) in [7, 11) is 2.00. The molecular formula is C15H20FN3S. The Morgan fingerprint density at radius 1 is 1.50 bits per heavy atom. The molecule has 0 fully saturated rings. The highest BCUT2D eigenvalue weighted by Crippen LogP contribution is 2.29. The number of aromatic nitrogens is 1. The molecule has 2 heterocycles. The molecule has 1 N–H and O–H groups in total. The smallest absolute Gasteiger partial charge is 0.141 e. The van der Waals surface area contributed by atoms with Crippen LogP contribution < -0.4 is 10.2 Å². The Morgan fingerprint density at radius 2 is 2.30 bits per heavy atom. The van der Waals surface area contributed by atoms with E-state index in [0.717, 1.165) is 17.9 Å². The first kappa shape index (κ1) is 14.9. The lowest BCUT2D eigenvalue weighted by Gasteiger charge is -2.27. The van der Waals surface area contributed by atoms with E-state index in [1.54, 1.807) is 17.4 Å². The van der Waals surface area contributed by atoms with Crippen molar-refractivity contribution in [3.63, 3.8) is 0 Å². The molecule has 0 aliphatic rings. The molecule has 0 bridgehead atoms. The lowest BCUT2D eigenvalue weighted by molar-refractivity contribution is 0.611. The van der Waals surface area contributed by atoms with Crippen LogP contribution in [0.2, 0.25) is 0 Å². The van der Waals surface area contributed by atoms with Crippen molar-refractivity contribution in [2.45, 2.75) is 26.4 Å². The minimum atomic E-state index is -0.293. The second-order valence-electron chi connectivity index (χ2n) is 4.72. The Labute approximate surface area is 123 Å². The summed E-state index contributed by atoms with van der Waals surface area (Å²) in [4.78, 5) is 7.64. The van der Waals surface area contributed by atoms with Gasteiger partial charge in [-0.05, 0) is 31.0 Å². The third kappa shape index (κ3) is 3.35. The number of anilines is 1. The second kappa shape index (κ2) is 6.81. The lowest BCUT2D eigenvalue weighted by Crippen LogP contribution is -2.25. The molecule has 0 aromatic carbocycles. The van der Waals surface area contributed by atoms with Crippen LogP contribution in [0.4, 0.5) is 10.2 Å². The summed E-state index contributed by atoms with van der Waals surface area (Å²) >= 11 is 1.72. The van der Waals surface area contributed by atoms with Gasteiger partial charge in [-0.2, -0.15) is 0 Å². The Hall–Kier alpha value is -1.46. The van der Waals surface area contributed by atoms with Gasteiger partial charge in [0.25, 0.3) is 0 Å². The number of nitrogens with zero attached hydrogens (tertiary/aromatic N) is 2. The minimum absolute atomic E-state index is 0.216. The van der Waals surface area contributed by atoms with E-state index in [4.69, 9.17) is 0 Å². The molecule has 108 valence electrons. The first-order valence-corrected chi connectivity index (χ1v) is 7.62. The van der Waals surface area contributed by atoms with Gasteiger partial charge in [0, 0.05) is 24.0 Å². The number of rotatable bonds is 6. The number of halogens is 1. The Balaban J connectivity index is 2.26. The average molecular weight is 293 g/mol. The summed E-state index contributed by atoms with van der Waals surface area (Å²) in [6.45, 7) is 5.64. The molecule has 2 aromatic rings. The Morgan fingerprint density at radius 3 is 2.95 bits per heavy atom. The molecule has 1 unspecified atom stereocenters. The Bertz CT molecular complexity index is 542. The lowest BCUT2D eigenvalue weighted by atomic mass is 10.2. The van der Waals surface area contributed by atoms with Gasteiger partial charge in [-0.25, -0.2) is 9.37 Å². The molecule has 2 rings (SSSR count). The van der Waals surface area contributed by atoms with Crippen molar-refractivity contribution < 1.29 is 4.39 Å². The van der Waals surface area contributed by atoms with E-state index in [0.29, 0.717) is 6.54 Å². The molecule has 0 amide bonds. The summed E-state index contributed by atoms with van der Waals surface area (Å²) in [5.41, 5.74) is 0.887. The average Bonchev–Trinajstić information content (AvgIpc) is 2.97. The van der Waals surface area contributed by atoms with E-state index in [9.17, 15) is 4.39 Å². The van der Waals surface area contributed by atoms with Gasteiger partial charge in [0.2, 0.25) is 0 Å². The molecule has 0 saturated carbocycles. The van der Waals surface area contributed by atoms with Gasteiger partial charge in [-0.1, -0.05) is 13.0 Å². The predicted molar refractivity (Wildman–Crippen MR) is 82.7 cm³/mol. The predicted octanol–water partition coefficient (Wildman–Crippen LogP) is 3.59. The van der Waals surface area contributed by atoms with Crippen LogP contribution in [0.15, 0.2) is 29.8 Å². The maximum Gasteiger partial charge on any atom is 0.141 e. The van der Waals surface area contributed by atoms with Crippen LogP contribution in [0, 0.1) is 5.82 Å². The van der Waals surface area contributed by atoms with Gasteiger partial charge in [-0.3, -0.25) is 0 Å². The molecule has 5 heteroatoms. The van der Waals surface area contributed by atoms with E-state index in [1.165, 1.54) is 11.1 Å². The zero-order valence-corrected chi connectivity index (χ0v) is 12.9. The van der Waals surface area contributed by atoms with Gasteiger partial charge >= 0.3 is 0 Å². The van der Waals surface area contributed by atoms with Crippen LogP contribution in [-0.2, 0) is 6.54 Å². The third-order valence-electron chi connectivity index (χ3n) is 3.34. The van der Waals surface area contributed by atoms with Gasteiger partial charge in [-0.15, -0.1) is 11.3 Å². The van der Waals surface area contributed by atoms with Crippen molar-refractivity contribution in [3.8, 4) is 0 Å². The monoisotopic (exact) mass is 293 g/mol. The van der Waals surface area contributed by atoms with Crippen LogP contribution in [0.5, 0.6) is 0 Å². The minimum Gasteiger partial charge on any atom is -0.352 e. The van der Waals surface area contributed by atoms with Crippen molar-refractivity contribution in [2.75, 3.05) is 18.5 Å². The molecular weight excluding hydrogens is 273 g/mol. The van der Waals surface area contributed by atoms with Crippen molar-refractivity contribution in [3.05, 3.63) is 46.0 Å². The van der Waals surface area contributed by atoms with E-state index >= 15 is 0 Å². The molecule has 0 saturated heterocycles. The SMILES string of the molecule is CCNCc1cc(F)cnc1N(C)C(C)c1cccs1. The number of hydrogen-bond donors (Lipinski definition) is 1. The fraction of sp³-hybridized carbons (Fsp3) is 0.400. The quantitative estimate of drug-likeness (QED) is 0.882. The summed E-state index contributed by atoms with van der Waals surface area (Å²) < 4.78 is 13.4. The van der Waals surface area contributed by atoms with Crippen molar-refractivity contribution >= 4 is 17.2 Å². The summed E-state index contributed by atoms with van der Waals surface area (Å²) in [5, 5.41) is 5.30. The summed E-state index contributed by atoms with van der Waals surface area (Å²) in [5.74, 6) is 0.534. The molecule has 2 aromatic heterocycles. The molecule has 0 radical (unpaired) electrons. The largest absolute Gasteiger partial charge is 0.352 e. The van der Waals surface area contributed by atoms with Gasteiger partial charge < -0.3 is 10.2 Å². The highest BCUT2D eigenvalue weighted by molar-refractivity contribution is 7.10. The van der Waals surface area contributed by atoms with Crippen molar-refractivity contribution in [1.82, 2.24) is 10.3 Å². The van der Waals surface area contributed by atoms with Crippen LogP contribution in [0.25, 0.3) is 0 Å². The van der Waals surface area contributed by atoms with Gasteiger partial charge in [0.15, 0.2) is 0 Å². The first-order chi connectivity index (χ1) is 9.63. The normalized spacial score (nSPS) is 12.4. The number of hydrogen-bond acceptors (Lipinski definition) is 4. The third-order valence-corrected chi connectivity index (χ3v) is 4.39. The first-order valence-electron chi connectivity index (χ1n) is 6.74. The van der Waals surface area contributed by atoms with Crippen molar-refractivity contribution in [2.24, 2.45) is 0 Å². The van der Waals surface area contributed by atoms with E-state index in [2.05, 4.69) is 33.6 Å². The highest BCUT2D eigenvalue weighted by Gasteiger charge is 2.17. The van der Waals surface area contributed by atoms with Gasteiger partial charge in [0.1, 0.15) is 11.6 Å². The molecule has 0 aliphatic carbocycles. The maximum atomic E-state index is 13.4. The van der Waals surface area contributed by atoms with E-state index < -0.39 is 0 Å². The number of thiophene rings is 1. The summed E-state index contributed by atoms with van der Waals surface area (Å²) in [6, 6.07) is 5.93. The van der Waals surface area contributed by atoms with Crippen LogP contribution in [-0.4, -0.2) is 18.6 Å². The molecule has 0 aliphatic heterocycles. The molecule has 1 atom stereocenters. The van der Waals surface area contributed by atoms with Crippen LogP contribution in [0.1, 0.15) is 30.3 Å². The molecule has 3 nitrogen and oxygen atoms in total. The summed E-state index contributed by atoms with van der Waals surface area (Å²) in [6.07, 6.45) is 1.28. The standard InChI is InChI=1S/C15H20FN3S/c1-4-17-9-12-8-13(16)10-18-15(12)19(3)11(2)14-6-5-7-20-14/h5-8,10-11,17H,4,9H2,1-3H3. The zero-order valence-electron chi connectivity index (χ0n) is 12.1. The van der Waals surface area contributed by atoms with Crippen LogP contribution >= 0.6 is 11.3 Å². The molecule has 0 spiro atoms. The van der Waals surface area contributed by atoms with Gasteiger partial charge in [0.05, 0.1) is 12.2 Å². The maximum absolute atomic E-state index is 13.4. The van der Waals surface area contributed by atoms with E-state index in [1.807, 2.05) is 20.0 Å². The Kier molecular flexibility index (Phi) is 5.09. The van der Waals surface area contributed by atoms with Crippen LogP contribution in [0.3, 0.4) is 0 Å². The number of pyridine rings is 1. The fourth-order valence-electron chi connectivity index (χ4n) is 2.08. The molecule has 20 heavy (non-hydrogen) atoms. The van der Waals surface area contributed by atoms with E-state index in [-0.39, 0.29) is 11.9 Å². The zero-order chi connectivity index (χ0) is 14.5. The topological polar surface area (TPSA) is 28.2 Å². The second-order valence-corrected chi connectivity index (χ2v) is 5.70. The van der Waals surface area contributed by atoms with Crippen molar-refractivity contribution in [1.29, 1.82) is 0 Å².